The Morgan fingerprint density at radius 3 is 2.39 bits per heavy atom. The molecule has 0 saturated heterocycles. The van der Waals surface area contributed by atoms with E-state index in [2.05, 4.69) is 34.5 Å². The first-order chi connectivity index (χ1) is 13.2. The van der Waals surface area contributed by atoms with Gasteiger partial charge in [-0.25, -0.2) is 13.1 Å². The summed E-state index contributed by atoms with van der Waals surface area (Å²) < 4.78 is 29.1. The summed E-state index contributed by atoms with van der Waals surface area (Å²) in [5, 5.41) is 2.76. The fourth-order valence-corrected chi connectivity index (χ4v) is 4.56. The van der Waals surface area contributed by atoms with Gasteiger partial charge in [0, 0.05) is 35.2 Å². The lowest BCUT2D eigenvalue weighted by atomic mass is 10.2. The molecule has 0 atom stereocenters. The van der Waals surface area contributed by atoms with E-state index >= 15 is 0 Å². The first-order valence-corrected chi connectivity index (χ1v) is 11.0. The summed E-state index contributed by atoms with van der Waals surface area (Å²) in [5.74, 6) is -0.257. The molecule has 1 aliphatic rings. The van der Waals surface area contributed by atoms with Crippen molar-refractivity contribution in [3.8, 4) is 0 Å². The van der Waals surface area contributed by atoms with E-state index in [9.17, 15) is 13.2 Å². The van der Waals surface area contributed by atoms with Gasteiger partial charge in [-0.15, -0.1) is 0 Å². The number of hydrogen-bond acceptors (Lipinski definition) is 3. The standard InChI is InChI=1S/C21H27N3O3S/c1-14(2)23-28(26,27)20-10-6-18(7-11-20)22-21(25)12-5-17-13-15(3)24(16(17)4)19-8-9-19/h5-7,10-14,19,23H,8-9H2,1-4H3,(H,22,25)/b12-5+. The summed E-state index contributed by atoms with van der Waals surface area (Å²) in [6.45, 7) is 7.70. The van der Waals surface area contributed by atoms with Crippen LogP contribution in [0.25, 0.3) is 6.08 Å². The van der Waals surface area contributed by atoms with E-state index in [4.69, 9.17) is 0 Å². The first-order valence-electron chi connectivity index (χ1n) is 9.47. The lowest BCUT2D eigenvalue weighted by molar-refractivity contribution is -0.111. The van der Waals surface area contributed by atoms with Crippen LogP contribution >= 0.6 is 0 Å². The molecule has 0 unspecified atom stereocenters. The lowest BCUT2D eigenvalue weighted by Crippen LogP contribution is -2.30. The third-order valence-corrected chi connectivity index (χ3v) is 6.35. The molecule has 2 N–H and O–H groups in total. The van der Waals surface area contributed by atoms with Crippen molar-refractivity contribution in [1.29, 1.82) is 0 Å². The molecular formula is C21H27N3O3S. The fraction of sp³-hybridized carbons (Fsp3) is 0.381. The molecular weight excluding hydrogens is 374 g/mol. The number of amides is 1. The molecule has 3 rings (SSSR count). The Balaban J connectivity index is 1.65. The molecule has 0 spiro atoms. The predicted molar refractivity (Wildman–Crippen MR) is 112 cm³/mol. The molecule has 150 valence electrons. The number of aryl methyl sites for hydroxylation is 1. The summed E-state index contributed by atoms with van der Waals surface area (Å²) in [7, 11) is -3.54. The van der Waals surface area contributed by atoms with Crippen molar-refractivity contribution in [2.45, 2.75) is 57.5 Å². The van der Waals surface area contributed by atoms with Crippen molar-refractivity contribution in [1.82, 2.24) is 9.29 Å². The van der Waals surface area contributed by atoms with Crippen molar-refractivity contribution in [2.24, 2.45) is 0 Å². The smallest absolute Gasteiger partial charge is 0.248 e. The Kier molecular flexibility index (Phi) is 5.76. The number of sulfonamides is 1. The van der Waals surface area contributed by atoms with E-state index in [1.807, 2.05) is 6.08 Å². The zero-order valence-electron chi connectivity index (χ0n) is 16.7. The highest BCUT2D eigenvalue weighted by molar-refractivity contribution is 7.89. The van der Waals surface area contributed by atoms with E-state index in [1.165, 1.54) is 42.4 Å². The van der Waals surface area contributed by atoms with Gasteiger partial charge in [-0.3, -0.25) is 4.79 Å². The molecule has 0 aliphatic heterocycles. The van der Waals surface area contributed by atoms with E-state index in [1.54, 1.807) is 26.0 Å². The van der Waals surface area contributed by atoms with Crippen molar-refractivity contribution < 1.29 is 13.2 Å². The maximum absolute atomic E-state index is 12.2. The van der Waals surface area contributed by atoms with Crippen LogP contribution in [0.3, 0.4) is 0 Å². The molecule has 1 aromatic heterocycles. The number of rotatable bonds is 7. The van der Waals surface area contributed by atoms with Crippen LogP contribution in [-0.2, 0) is 14.8 Å². The number of hydrogen-bond donors (Lipinski definition) is 2. The second-order valence-electron chi connectivity index (χ2n) is 7.55. The first kappa shape index (κ1) is 20.4. The number of benzene rings is 1. The number of carbonyl (C=O) groups is 1. The number of carbonyl (C=O) groups excluding carboxylic acids is 1. The van der Waals surface area contributed by atoms with Crippen LogP contribution < -0.4 is 10.0 Å². The fourth-order valence-electron chi connectivity index (χ4n) is 3.31. The summed E-state index contributed by atoms with van der Waals surface area (Å²) in [4.78, 5) is 12.4. The molecule has 0 bridgehead atoms. The monoisotopic (exact) mass is 401 g/mol. The van der Waals surface area contributed by atoms with Crippen LogP contribution in [0.5, 0.6) is 0 Å². The van der Waals surface area contributed by atoms with Gasteiger partial charge in [0.05, 0.1) is 4.90 Å². The molecule has 1 saturated carbocycles. The summed E-state index contributed by atoms with van der Waals surface area (Å²) in [5.41, 5.74) is 3.98. The third-order valence-electron chi connectivity index (χ3n) is 4.67. The van der Waals surface area contributed by atoms with Gasteiger partial charge >= 0.3 is 0 Å². The van der Waals surface area contributed by atoms with Crippen molar-refractivity contribution in [3.63, 3.8) is 0 Å². The van der Waals surface area contributed by atoms with E-state index in [0.29, 0.717) is 11.7 Å². The SMILES string of the molecule is Cc1cc(/C=C/C(=O)Nc2ccc(S(=O)(=O)NC(C)C)cc2)c(C)n1C1CC1. The van der Waals surface area contributed by atoms with Gasteiger partial charge in [0.25, 0.3) is 0 Å². The second kappa shape index (κ2) is 7.93. The van der Waals surface area contributed by atoms with Crippen molar-refractivity contribution in [2.75, 3.05) is 5.32 Å². The predicted octanol–water partition coefficient (Wildman–Crippen LogP) is 3.78. The quantitative estimate of drug-likeness (QED) is 0.693. The maximum atomic E-state index is 12.2. The highest BCUT2D eigenvalue weighted by Crippen LogP contribution is 2.38. The Hall–Kier alpha value is -2.38. The zero-order valence-corrected chi connectivity index (χ0v) is 17.5. The van der Waals surface area contributed by atoms with Crippen LogP contribution in [0.15, 0.2) is 41.3 Å². The lowest BCUT2D eigenvalue weighted by Gasteiger charge is -2.10. The highest BCUT2D eigenvalue weighted by Gasteiger charge is 2.26. The zero-order chi connectivity index (χ0) is 20.5. The normalized spacial score (nSPS) is 14.8. The molecule has 7 heteroatoms. The Bertz CT molecular complexity index is 998. The molecule has 2 aromatic rings. The minimum Gasteiger partial charge on any atom is -0.346 e. The average molecular weight is 402 g/mol. The van der Waals surface area contributed by atoms with Gasteiger partial charge in [-0.1, -0.05) is 0 Å². The van der Waals surface area contributed by atoms with Crippen molar-refractivity contribution >= 4 is 27.7 Å². The summed E-state index contributed by atoms with van der Waals surface area (Å²) in [6.07, 6.45) is 5.77. The Labute approximate surface area is 166 Å². The molecule has 28 heavy (non-hydrogen) atoms. The van der Waals surface area contributed by atoms with Gasteiger partial charge < -0.3 is 9.88 Å². The largest absolute Gasteiger partial charge is 0.346 e. The number of anilines is 1. The van der Waals surface area contributed by atoms with Gasteiger partial charge in [0.1, 0.15) is 0 Å². The van der Waals surface area contributed by atoms with Gasteiger partial charge in [-0.05, 0) is 82.5 Å². The maximum Gasteiger partial charge on any atom is 0.248 e. The number of aromatic nitrogens is 1. The van der Waals surface area contributed by atoms with Crippen molar-refractivity contribution in [3.05, 3.63) is 53.4 Å². The Morgan fingerprint density at radius 2 is 1.82 bits per heavy atom. The summed E-state index contributed by atoms with van der Waals surface area (Å²) in [6, 6.07) is 8.64. The average Bonchev–Trinajstić information content (AvgIpc) is 3.38. The minimum absolute atomic E-state index is 0.169. The molecule has 0 radical (unpaired) electrons. The van der Waals surface area contributed by atoms with Crippen LogP contribution in [0.1, 0.15) is 49.7 Å². The molecule has 6 nitrogen and oxygen atoms in total. The molecule has 1 heterocycles. The van der Waals surface area contributed by atoms with Crippen LogP contribution in [0, 0.1) is 13.8 Å². The minimum atomic E-state index is -3.54. The third kappa shape index (κ3) is 4.72. The van der Waals surface area contributed by atoms with Crippen LogP contribution in [-0.4, -0.2) is 24.9 Å². The van der Waals surface area contributed by atoms with Gasteiger partial charge in [-0.2, -0.15) is 0 Å². The van der Waals surface area contributed by atoms with Gasteiger partial charge in [0.15, 0.2) is 0 Å². The van der Waals surface area contributed by atoms with E-state index < -0.39 is 10.0 Å². The van der Waals surface area contributed by atoms with Crippen LogP contribution in [0.2, 0.25) is 0 Å². The van der Waals surface area contributed by atoms with E-state index in [-0.39, 0.29) is 16.8 Å². The molecule has 1 fully saturated rings. The molecule has 1 amide bonds. The summed E-state index contributed by atoms with van der Waals surface area (Å²) >= 11 is 0. The Morgan fingerprint density at radius 1 is 1.18 bits per heavy atom. The topological polar surface area (TPSA) is 80.2 Å². The highest BCUT2D eigenvalue weighted by atomic mass is 32.2. The second-order valence-corrected chi connectivity index (χ2v) is 9.26. The van der Waals surface area contributed by atoms with Crippen LogP contribution in [0.4, 0.5) is 5.69 Å². The van der Waals surface area contributed by atoms with Gasteiger partial charge in [0.2, 0.25) is 15.9 Å². The molecule has 1 aliphatic carbocycles. The number of nitrogens with zero attached hydrogens (tertiary/aromatic N) is 1. The molecule has 1 aromatic carbocycles. The number of nitrogens with one attached hydrogen (secondary N) is 2. The van der Waals surface area contributed by atoms with E-state index in [0.717, 1.165) is 5.56 Å².